The van der Waals surface area contributed by atoms with Crippen LogP contribution in [0.15, 0.2) is 24.3 Å². The monoisotopic (exact) mass is 204 g/mol. The van der Waals surface area contributed by atoms with Gasteiger partial charge in [-0.3, -0.25) is 0 Å². The van der Waals surface area contributed by atoms with Crippen LogP contribution in [0.3, 0.4) is 0 Å². The van der Waals surface area contributed by atoms with Gasteiger partial charge in [0.1, 0.15) is 5.52 Å². The maximum atomic E-state index is 5.77. The molecular weight excluding hydrogens is 188 g/mol. The summed E-state index contributed by atoms with van der Waals surface area (Å²) in [4.78, 5) is 0. The highest BCUT2D eigenvalue weighted by atomic mass is 15.4. The number of fused-ring (bicyclic) bond motifs is 1. The SMILES string of the molecule is CC(C)C(CN)n1nnc2ccccc21. The molecule has 0 amide bonds. The lowest BCUT2D eigenvalue weighted by Crippen LogP contribution is -2.24. The van der Waals surface area contributed by atoms with Crippen LogP contribution in [0.25, 0.3) is 11.0 Å². The van der Waals surface area contributed by atoms with E-state index in [9.17, 15) is 0 Å². The van der Waals surface area contributed by atoms with Crippen LogP contribution >= 0.6 is 0 Å². The summed E-state index contributed by atoms with van der Waals surface area (Å²) < 4.78 is 1.93. The lowest BCUT2D eigenvalue weighted by atomic mass is 10.0. The summed E-state index contributed by atoms with van der Waals surface area (Å²) in [7, 11) is 0. The summed E-state index contributed by atoms with van der Waals surface area (Å²) in [6.07, 6.45) is 0. The molecule has 1 aromatic carbocycles. The van der Waals surface area contributed by atoms with E-state index in [4.69, 9.17) is 5.73 Å². The van der Waals surface area contributed by atoms with Gasteiger partial charge < -0.3 is 5.73 Å². The average molecular weight is 204 g/mol. The fourth-order valence-electron chi connectivity index (χ4n) is 1.79. The molecule has 1 aromatic heterocycles. The Hall–Kier alpha value is -1.42. The maximum Gasteiger partial charge on any atom is 0.113 e. The minimum Gasteiger partial charge on any atom is -0.328 e. The van der Waals surface area contributed by atoms with Gasteiger partial charge in [0.15, 0.2) is 0 Å². The van der Waals surface area contributed by atoms with Crippen molar-refractivity contribution in [2.75, 3.05) is 6.54 Å². The molecule has 0 aliphatic heterocycles. The second-order valence-electron chi connectivity index (χ2n) is 4.07. The lowest BCUT2D eigenvalue weighted by molar-refractivity contribution is 0.357. The topological polar surface area (TPSA) is 56.7 Å². The predicted octanol–water partition coefficient (Wildman–Crippen LogP) is 1.59. The maximum absolute atomic E-state index is 5.77. The van der Waals surface area contributed by atoms with E-state index in [1.165, 1.54) is 0 Å². The van der Waals surface area contributed by atoms with E-state index in [2.05, 4.69) is 24.2 Å². The van der Waals surface area contributed by atoms with Gasteiger partial charge in [0.05, 0.1) is 11.6 Å². The van der Waals surface area contributed by atoms with Gasteiger partial charge in [-0.15, -0.1) is 5.10 Å². The zero-order chi connectivity index (χ0) is 10.8. The molecule has 80 valence electrons. The minimum absolute atomic E-state index is 0.220. The second kappa shape index (κ2) is 3.98. The van der Waals surface area contributed by atoms with Crippen molar-refractivity contribution >= 4 is 11.0 Å². The molecule has 4 heteroatoms. The molecule has 1 unspecified atom stereocenters. The lowest BCUT2D eigenvalue weighted by Gasteiger charge is -2.19. The van der Waals surface area contributed by atoms with Gasteiger partial charge in [-0.25, -0.2) is 4.68 Å². The van der Waals surface area contributed by atoms with E-state index in [1.54, 1.807) is 0 Å². The molecule has 1 heterocycles. The van der Waals surface area contributed by atoms with E-state index >= 15 is 0 Å². The molecule has 2 rings (SSSR count). The molecular formula is C11H16N4. The van der Waals surface area contributed by atoms with Crippen molar-refractivity contribution in [3.63, 3.8) is 0 Å². The van der Waals surface area contributed by atoms with Crippen molar-refractivity contribution in [1.82, 2.24) is 15.0 Å². The molecule has 4 nitrogen and oxygen atoms in total. The zero-order valence-electron chi connectivity index (χ0n) is 9.09. The Kier molecular flexibility index (Phi) is 2.68. The highest BCUT2D eigenvalue weighted by Crippen LogP contribution is 2.20. The third-order valence-corrected chi connectivity index (χ3v) is 2.70. The van der Waals surface area contributed by atoms with Crippen molar-refractivity contribution in [3.05, 3.63) is 24.3 Å². The number of rotatable bonds is 3. The van der Waals surface area contributed by atoms with Gasteiger partial charge in [-0.05, 0) is 18.1 Å². The van der Waals surface area contributed by atoms with Crippen molar-refractivity contribution in [2.45, 2.75) is 19.9 Å². The van der Waals surface area contributed by atoms with Crippen LogP contribution in [0.5, 0.6) is 0 Å². The molecule has 0 bridgehead atoms. The smallest absolute Gasteiger partial charge is 0.113 e. The fraction of sp³-hybridized carbons (Fsp3) is 0.455. The third kappa shape index (κ3) is 1.72. The highest BCUT2D eigenvalue weighted by Gasteiger charge is 2.17. The van der Waals surface area contributed by atoms with Gasteiger partial charge in [0, 0.05) is 6.54 Å². The first kappa shape index (κ1) is 10.1. The molecule has 15 heavy (non-hydrogen) atoms. The second-order valence-corrected chi connectivity index (χ2v) is 4.07. The number of hydrogen-bond acceptors (Lipinski definition) is 3. The summed E-state index contributed by atoms with van der Waals surface area (Å²) >= 11 is 0. The molecule has 0 saturated carbocycles. The van der Waals surface area contributed by atoms with Crippen LogP contribution < -0.4 is 5.73 Å². The van der Waals surface area contributed by atoms with Gasteiger partial charge >= 0.3 is 0 Å². The summed E-state index contributed by atoms with van der Waals surface area (Å²) in [6, 6.07) is 8.18. The molecule has 0 aliphatic rings. The summed E-state index contributed by atoms with van der Waals surface area (Å²) in [5.74, 6) is 0.458. The van der Waals surface area contributed by atoms with Crippen LogP contribution in [-0.4, -0.2) is 21.5 Å². The highest BCUT2D eigenvalue weighted by molar-refractivity contribution is 5.73. The van der Waals surface area contributed by atoms with Crippen LogP contribution in [0.4, 0.5) is 0 Å². The largest absolute Gasteiger partial charge is 0.328 e. The first-order valence-corrected chi connectivity index (χ1v) is 5.24. The number of hydrogen-bond donors (Lipinski definition) is 1. The molecule has 2 aromatic rings. The summed E-state index contributed by atoms with van der Waals surface area (Å²) in [5.41, 5.74) is 7.75. The standard InChI is InChI=1S/C11H16N4/c1-8(2)11(7-12)15-10-6-4-3-5-9(10)13-14-15/h3-6,8,11H,7,12H2,1-2H3. The molecule has 0 aliphatic carbocycles. The van der Waals surface area contributed by atoms with Gasteiger partial charge in [-0.1, -0.05) is 31.2 Å². The molecule has 0 saturated heterocycles. The van der Waals surface area contributed by atoms with Crippen molar-refractivity contribution in [2.24, 2.45) is 11.7 Å². The van der Waals surface area contributed by atoms with Crippen LogP contribution in [-0.2, 0) is 0 Å². The van der Waals surface area contributed by atoms with Gasteiger partial charge in [0.2, 0.25) is 0 Å². The van der Waals surface area contributed by atoms with Crippen molar-refractivity contribution in [3.8, 4) is 0 Å². The first-order chi connectivity index (χ1) is 7.24. The number of benzene rings is 1. The fourth-order valence-corrected chi connectivity index (χ4v) is 1.79. The van der Waals surface area contributed by atoms with E-state index in [-0.39, 0.29) is 6.04 Å². The number of aromatic nitrogens is 3. The number of para-hydroxylation sites is 1. The van der Waals surface area contributed by atoms with E-state index in [0.29, 0.717) is 12.5 Å². The number of nitrogens with zero attached hydrogens (tertiary/aromatic N) is 3. The number of nitrogens with two attached hydrogens (primary N) is 1. The minimum atomic E-state index is 0.220. The Morgan fingerprint density at radius 1 is 1.33 bits per heavy atom. The Labute approximate surface area is 89.1 Å². The summed E-state index contributed by atoms with van der Waals surface area (Å²) in [6.45, 7) is 4.88. The molecule has 0 spiro atoms. The Morgan fingerprint density at radius 3 is 2.73 bits per heavy atom. The molecule has 0 fully saturated rings. The molecule has 0 radical (unpaired) electrons. The van der Waals surface area contributed by atoms with Crippen molar-refractivity contribution in [1.29, 1.82) is 0 Å². The van der Waals surface area contributed by atoms with Crippen LogP contribution in [0, 0.1) is 5.92 Å². The normalized spacial score (nSPS) is 13.6. The molecule has 1 atom stereocenters. The van der Waals surface area contributed by atoms with E-state index in [1.807, 2.05) is 28.9 Å². The Morgan fingerprint density at radius 2 is 2.07 bits per heavy atom. The van der Waals surface area contributed by atoms with E-state index in [0.717, 1.165) is 11.0 Å². The van der Waals surface area contributed by atoms with Gasteiger partial charge in [0.25, 0.3) is 0 Å². The Balaban J connectivity index is 2.51. The predicted molar refractivity (Wildman–Crippen MR) is 60.5 cm³/mol. The Bertz CT molecular complexity index is 447. The van der Waals surface area contributed by atoms with Crippen molar-refractivity contribution < 1.29 is 0 Å². The third-order valence-electron chi connectivity index (χ3n) is 2.70. The zero-order valence-corrected chi connectivity index (χ0v) is 9.09. The van der Waals surface area contributed by atoms with Gasteiger partial charge in [-0.2, -0.15) is 0 Å². The quantitative estimate of drug-likeness (QED) is 0.826. The van der Waals surface area contributed by atoms with Crippen LogP contribution in [0.1, 0.15) is 19.9 Å². The first-order valence-electron chi connectivity index (χ1n) is 5.24. The molecule has 2 N–H and O–H groups in total. The van der Waals surface area contributed by atoms with Crippen LogP contribution in [0.2, 0.25) is 0 Å². The van der Waals surface area contributed by atoms with E-state index < -0.39 is 0 Å². The average Bonchev–Trinajstić information content (AvgIpc) is 2.63. The summed E-state index contributed by atoms with van der Waals surface area (Å²) in [5, 5.41) is 8.30.